The van der Waals surface area contributed by atoms with Crippen molar-refractivity contribution in [1.82, 2.24) is 10.2 Å². The van der Waals surface area contributed by atoms with Gasteiger partial charge in [-0.15, -0.1) is 0 Å². The second-order valence-electron chi connectivity index (χ2n) is 9.41. The lowest BCUT2D eigenvalue weighted by atomic mass is 9.94. The molecule has 1 fully saturated rings. The highest BCUT2D eigenvalue weighted by atomic mass is 32.2. The van der Waals surface area contributed by atoms with Crippen LogP contribution in [-0.2, 0) is 16.0 Å². The number of likely N-dealkylation sites (tertiary alicyclic amines) is 1. The minimum atomic E-state index is -1.26. The quantitative estimate of drug-likeness (QED) is 0.620. The first-order valence-corrected chi connectivity index (χ1v) is 12.4. The fourth-order valence-corrected chi connectivity index (χ4v) is 5.41. The molecule has 1 N–H and O–H groups in total. The highest BCUT2D eigenvalue weighted by molar-refractivity contribution is 7.91. The van der Waals surface area contributed by atoms with Crippen LogP contribution in [0.5, 0.6) is 0 Å². The number of benzene rings is 2. The Morgan fingerprint density at radius 2 is 1.50 bits per heavy atom. The molecule has 32 heavy (non-hydrogen) atoms. The average molecular weight is 463 g/mol. The minimum absolute atomic E-state index is 0.0680. The molecular formula is C25H32F2N2O2S. The molecule has 1 heterocycles. The molecule has 1 aliphatic heterocycles. The maximum atomic E-state index is 13.4. The fraction of sp³-hybridized carbons (Fsp3) is 0.480. The average Bonchev–Trinajstić information content (AvgIpc) is 2.75. The molecule has 4 nitrogen and oxygen atoms in total. The standard InChI is InChI=1S/C25H32F2N2O2S/c1-25(2,3)24(30)28-22-12-14-29(15-13-22)16-17-32(31)23(18-4-8-20(26)9-5-18)19-6-10-21(27)11-7-19/h4-11,22-23H,12-17H2,1-3H3,(H,28,30). The molecule has 0 bridgehead atoms. The van der Waals surface area contributed by atoms with Gasteiger partial charge in [0.2, 0.25) is 5.91 Å². The Bertz CT molecular complexity index is 831. The summed E-state index contributed by atoms with van der Waals surface area (Å²) < 4.78 is 40.1. The first kappa shape index (κ1) is 24.7. The molecule has 7 heteroatoms. The predicted octanol–water partition coefficient (Wildman–Crippen LogP) is 4.43. The summed E-state index contributed by atoms with van der Waals surface area (Å²) in [4.78, 5) is 14.5. The Kier molecular flexibility index (Phi) is 8.31. The van der Waals surface area contributed by atoms with Gasteiger partial charge in [0.05, 0.1) is 0 Å². The Morgan fingerprint density at radius 3 is 1.94 bits per heavy atom. The van der Waals surface area contributed by atoms with Gasteiger partial charge < -0.3 is 9.87 Å². The molecule has 0 spiro atoms. The molecule has 1 amide bonds. The van der Waals surface area contributed by atoms with E-state index in [-0.39, 0.29) is 23.6 Å². The van der Waals surface area contributed by atoms with Crippen molar-refractivity contribution >= 4 is 17.1 Å². The van der Waals surface area contributed by atoms with Crippen molar-refractivity contribution in [3.63, 3.8) is 0 Å². The summed E-state index contributed by atoms with van der Waals surface area (Å²) in [6.07, 6.45) is 1.74. The van der Waals surface area contributed by atoms with E-state index in [1.54, 1.807) is 24.3 Å². The molecule has 3 rings (SSSR count). The van der Waals surface area contributed by atoms with E-state index in [1.165, 1.54) is 24.3 Å². The van der Waals surface area contributed by atoms with E-state index < -0.39 is 21.8 Å². The van der Waals surface area contributed by atoms with Crippen LogP contribution in [0.15, 0.2) is 48.5 Å². The van der Waals surface area contributed by atoms with Crippen LogP contribution in [0.4, 0.5) is 8.78 Å². The predicted molar refractivity (Wildman–Crippen MR) is 125 cm³/mol. The third-order valence-electron chi connectivity index (χ3n) is 5.82. The van der Waals surface area contributed by atoms with Crippen molar-refractivity contribution in [3.05, 3.63) is 71.3 Å². The molecule has 0 saturated carbocycles. The number of hydrogen-bond acceptors (Lipinski definition) is 3. The monoisotopic (exact) mass is 462 g/mol. The van der Waals surface area contributed by atoms with Crippen molar-refractivity contribution in [2.75, 3.05) is 25.4 Å². The number of carbonyl (C=O) groups is 1. The molecule has 1 saturated heterocycles. The van der Waals surface area contributed by atoms with Crippen LogP contribution < -0.4 is 5.32 Å². The topological polar surface area (TPSA) is 55.4 Å². The summed E-state index contributed by atoms with van der Waals surface area (Å²) in [6, 6.07) is 12.2. The van der Waals surface area contributed by atoms with Gasteiger partial charge in [0, 0.05) is 42.2 Å². The Labute approximate surface area is 192 Å². The molecule has 174 valence electrons. The van der Waals surface area contributed by atoms with Crippen LogP contribution in [0.25, 0.3) is 0 Å². The third-order valence-corrected chi connectivity index (χ3v) is 7.48. The summed E-state index contributed by atoms with van der Waals surface area (Å²) in [5, 5.41) is 2.68. The van der Waals surface area contributed by atoms with Gasteiger partial charge in [-0.05, 0) is 48.3 Å². The van der Waals surface area contributed by atoms with Crippen LogP contribution in [0, 0.1) is 17.0 Å². The molecule has 2 aromatic rings. The zero-order chi connectivity index (χ0) is 23.3. The Balaban J connectivity index is 1.59. The van der Waals surface area contributed by atoms with Crippen LogP contribution in [-0.4, -0.2) is 46.8 Å². The fourth-order valence-electron chi connectivity index (χ4n) is 3.81. The Hall–Kier alpha value is -1.96. The minimum Gasteiger partial charge on any atom is -0.616 e. The number of carbonyl (C=O) groups excluding carboxylic acids is 1. The molecule has 1 unspecified atom stereocenters. The van der Waals surface area contributed by atoms with Crippen molar-refractivity contribution < 1.29 is 18.1 Å². The van der Waals surface area contributed by atoms with Gasteiger partial charge in [0.25, 0.3) is 0 Å². The lowest BCUT2D eigenvalue weighted by Gasteiger charge is -2.34. The Morgan fingerprint density at radius 1 is 1.03 bits per heavy atom. The maximum Gasteiger partial charge on any atom is 0.225 e. The number of amides is 1. The molecule has 1 aliphatic rings. The summed E-state index contributed by atoms with van der Waals surface area (Å²) in [5.41, 5.74) is 1.10. The first-order valence-electron chi connectivity index (χ1n) is 11.0. The van der Waals surface area contributed by atoms with Gasteiger partial charge in [0.15, 0.2) is 5.25 Å². The van der Waals surface area contributed by atoms with Crippen molar-refractivity contribution in [2.45, 2.75) is 44.9 Å². The normalized spacial score (nSPS) is 16.8. The van der Waals surface area contributed by atoms with E-state index in [1.807, 2.05) is 20.8 Å². The molecule has 1 atom stereocenters. The second-order valence-corrected chi connectivity index (χ2v) is 11.0. The third kappa shape index (κ3) is 6.77. The van der Waals surface area contributed by atoms with E-state index in [0.717, 1.165) is 37.1 Å². The van der Waals surface area contributed by atoms with Crippen LogP contribution >= 0.6 is 0 Å². The van der Waals surface area contributed by atoms with Gasteiger partial charge in [-0.3, -0.25) is 9.69 Å². The number of nitrogens with zero attached hydrogens (tertiary/aromatic N) is 1. The summed E-state index contributed by atoms with van der Waals surface area (Å²) in [6.45, 7) is 8.07. The summed E-state index contributed by atoms with van der Waals surface area (Å²) in [7, 11) is 0. The smallest absolute Gasteiger partial charge is 0.225 e. The second kappa shape index (κ2) is 10.8. The van der Waals surface area contributed by atoms with Crippen molar-refractivity contribution in [1.29, 1.82) is 0 Å². The number of nitrogens with one attached hydrogen (secondary N) is 1. The number of halogens is 2. The van der Waals surface area contributed by atoms with Gasteiger partial charge in [-0.1, -0.05) is 45.0 Å². The molecule has 0 aromatic heterocycles. The lowest BCUT2D eigenvalue weighted by Crippen LogP contribution is -2.48. The van der Waals surface area contributed by atoms with Gasteiger partial charge >= 0.3 is 0 Å². The van der Waals surface area contributed by atoms with E-state index >= 15 is 0 Å². The van der Waals surface area contributed by atoms with Crippen molar-refractivity contribution in [3.8, 4) is 0 Å². The van der Waals surface area contributed by atoms with Crippen LogP contribution in [0.3, 0.4) is 0 Å². The van der Waals surface area contributed by atoms with E-state index in [9.17, 15) is 18.1 Å². The lowest BCUT2D eigenvalue weighted by molar-refractivity contribution is -0.129. The summed E-state index contributed by atoms with van der Waals surface area (Å²) >= 11 is -1.26. The highest BCUT2D eigenvalue weighted by Crippen LogP contribution is 2.31. The SMILES string of the molecule is CC(C)(C)C(=O)NC1CCN(CC[S+]([O-])C(c2ccc(F)cc2)c2ccc(F)cc2)CC1. The molecule has 0 radical (unpaired) electrons. The van der Waals surface area contributed by atoms with E-state index in [4.69, 9.17) is 0 Å². The van der Waals surface area contributed by atoms with Gasteiger partial charge in [-0.2, -0.15) is 0 Å². The van der Waals surface area contributed by atoms with Gasteiger partial charge in [0.1, 0.15) is 17.4 Å². The number of rotatable bonds is 7. The maximum absolute atomic E-state index is 13.4. The molecule has 2 aromatic carbocycles. The molecular weight excluding hydrogens is 430 g/mol. The first-order chi connectivity index (χ1) is 15.1. The van der Waals surface area contributed by atoms with Gasteiger partial charge in [-0.25, -0.2) is 8.78 Å². The van der Waals surface area contributed by atoms with E-state index in [2.05, 4.69) is 10.2 Å². The largest absolute Gasteiger partial charge is 0.616 e. The number of piperidine rings is 1. The van der Waals surface area contributed by atoms with Crippen LogP contribution in [0.1, 0.15) is 50.0 Å². The molecule has 0 aliphatic carbocycles. The zero-order valence-corrected chi connectivity index (χ0v) is 19.8. The summed E-state index contributed by atoms with van der Waals surface area (Å²) in [5.74, 6) is -0.172. The zero-order valence-electron chi connectivity index (χ0n) is 18.9. The van der Waals surface area contributed by atoms with Crippen LogP contribution in [0.2, 0.25) is 0 Å². The van der Waals surface area contributed by atoms with E-state index in [0.29, 0.717) is 12.3 Å². The van der Waals surface area contributed by atoms with Crippen molar-refractivity contribution in [2.24, 2.45) is 5.41 Å². The number of hydrogen-bond donors (Lipinski definition) is 1. The highest BCUT2D eigenvalue weighted by Gasteiger charge is 2.29.